The fraction of sp³-hybridized carbons (Fsp3) is 0.250. The number of carbonyl (C=O) groups is 1. The lowest BCUT2D eigenvalue weighted by Gasteiger charge is -2.11. The van der Waals surface area contributed by atoms with Crippen molar-refractivity contribution in [2.75, 3.05) is 18.4 Å². The molecule has 1 aromatic carbocycles. The van der Waals surface area contributed by atoms with E-state index in [0.717, 1.165) is 28.7 Å². The number of terminal acetylenes is 1. The van der Waals surface area contributed by atoms with E-state index in [0.29, 0.717) is 0 Å². The maximum absolute atomic E-state index is 11.6. The SMILES string of the molecule is C#CCNC(=O)CNc1cc(CC)nc2ccccc12. The maximum atomic E-state index is 11.6. The van der Waals surface area contributed by atoms with E-state index < -0.39 is 0 Å². The molecule has 0 atom stereocenters. The standard InChI is InChI=1S/C16H17N3O/c1-3-9-17-16(20)11-18-15-10-12(4-2)19-14-8-6-5-7-13(14)15/h1,5-8,10H,4,9,11H2,2H3,(H,17,20)(H,18,19). The molecule has 0 aliphatic heterocycles. The summed E-state index contributed by atoms with van der Waals surface area (Å²) in [5, 5.41) is 6.79. The Labute approximate surface area is 118 Å². The van der Waals surface area contributed by atoms with Crippen molar-refractivity contribution in [1.29, 1.82) is 0 Å². The molecule has 0 unspecified atom stereocenters. The zero-order valence-corrected chi connectivity index (χ0v) is 11.4. The topological polar surface area (TPSA) is 54.0 Å². The zero-order chi connectivity index (χ0) is 14.4. The Bertz CT molecular complexity index is 658. The van der Waals surface area contributed by atoms with Gasteiger partial charge in [0.2, 0.25) is 5.91 Å². The van der Waals surface area contributed by atoms with E-state index in [1.165, 1.54) is 0 Å². The van der Waals surface area contributed by atoms with Crippen LogP contribution in [0, 0.1) is 12.3 Å². The molecule has 1 amide bonds. The van der Waals surface area contributed by atoms with Crippen molar-refractivity contribution in [2.24, 2.45) is 0 Å². The largest absolute Gasteiger partial charge is 0.376 e. The van der Waals surface area contributed by atoms with E-state index in [1.807, 2.05) is 30.3 Å². The highest BCUT2D eigenvalue weighted by atomic mass is 16.1. The van der Waals surface area contributed by atoms with Crippen LogP contribution in [0.15, 0.2) is 30.3 Å². The molecule has 2 aromatic rings. The third-order valence-corrected chi connectivity index (χ3v) is 2.96. The van der Waals surface area contributed by atoms with E-state index in [2.05, 4.69) is 28.5 Å². The van der Waals surface area contributed by atoms with Crippen LogP contribution in [-0.2, 0) is 11.2 Å². The van der Waals surface area contributed by atoms with Crippen LogP contribution < -0.4 is 10.6 Å². The van der Waals surface area contributed by atoms with Gasteiger partial charge in [0, 0.05) is 16.8 Å². The first-order chi connectivity index (χ1) is 9.74. The Morgan fingerprint density at radius 1 is 1.40 bits per heavy atom. The summed E-state index contributed by atoms with van der Waals surface area (Å²) in [6.07, 6.45) is 5.95. The van der Waals surface area contributed by atoms with E-state index in [4.69, 9.17) is 6.42 Å². The fourth-order valence-electron chi connectivity index (χ4n) is 1.95. The van der Waals surface area contributed by atoms with Crippen LogP contribution in [0.5, 0.6) is 0 Å². The quantitative estimate of drug-likeness (QED) is 0.814. The van der Waals surface area contributed by atoms with Crippen LogP contribution in [0.2, 0.25) is 0 Å². The third kappa shape index (κ3) is 3.27. The molecule has 0 bridgehead atoms. The highest BCUT2D eigenvalue weighted by molar-refractivity contribution is 5.93. The number of hydrogen-bond donors (Lipinski definition) is 2. The van der Waals surface area contributed by atoms with Crippen molar-refractivity contribution in [2.45, 2.75) is 13.3 Å². The van der Waals surface area contributed by atoms with E-state index in [1.54, 1.807) is 0 Å². The second-order valence-corrected chi connectivity index (χ2v) is 4.37. The molecule has 0 saturated carbocycles. The number of anilines is 1. The molecular weight excluding hydrogens is 250 g/mol. The summed E-state index contributed by atoms with van der Waals surface area (Å²) in [5.74, 6) is 2.25. The number of pyridine rings is 1. The lowest BCUT2D eigenvalue weighted by molar-refractivity contribution is -0.119. The number of aromatic nitrogens is 1. The molecule has 0 spiro atoms. The molecule has 1 heterocycles. The van der Waals surface area contributed by atoms with Crippen molar-refractivity contribution in [1.82, 2.24) is 10.3 Å². The lowest BCUT2D eigenvalue weighted by Crippen LogP contribution is -2.30. The van der Waals surface area contributed by atoms with Crippen LogP contribution >= 0.6 is 0 Å². The molecule has 0 fully saturated rings. The predicted octanol–water partition coefficient (Wildman–Crippen LogP) is 1.96. The molecule has 2 rings (SSSR count). The van der Waals surface area contributed by atoms with Gasteiger partial charge in [-0.25, -0.2) is 0 Å². The highest BCUT2D eigenvalue weighted by Gasteiger charge is 2.06. The van der Waals surface area contributed by atoms with Crippen molar-refractivity contribution in [3.8, 4) is 12.3 Å². The second kappa shape index (κ2) is 6.58. The van der Waals surface area contributed by atoms with Gasteiger partial charge in [-0.15, -0.1) is 6.42 Å². The van der Waals surface area contributed by atoms with Crippen molar-refractivity contribution in [3.63, 3.8) is 0 Å². The van der Waals surface area contributed by atoms with Crippen molar-refractivity contribution < 1.29 is 4.79 Å². The van der Waals surface area contributed by atoms with E-state index >= 15 is 0 Å². The van der Waals surface area contributed by atoms with Gasteiger partial charge < -0.3 is 10.6 Å². The highest BCUT2D eigenvalue weighted by Crippen LogP contribution is 2.23. The van der Waals surface area contributed by atoms with Gasteiger partial charge in [-0.05, 0) is 18.6 Å². The molecule has 0 saturated heterocycles. The summed E-state index contributed by atoms with van der Waals surface area (Å²) in [4.78, 5) is 16.1. The maximum Gasteiger partial charge on any atom is 0.240 e. The van der Waals surface area contributed by atoms with Crippen molar-refractivity contribution >= 4 is 22.5 Å². The summed E-state index contributed by atoms with van der Waals surface area (Å²) in [7, 11) is 0. The molecular formula is C16H17N3O. The van der Waals surface area contributed by atoms with Gasteiger partial charge in [0.15, 0.2) is 0 Å². The Kier molecular flexibility index (Phi) is 4.56. The van der Waals surface area contributed by atoms with E-state index in [-0.39, 0.29) is 19.0 Å². The minimum absolute atomic E-state index is 0.123. The second-order valence-electron chi connectivity index (χ2n) is 4.37. The summed E-state index contributed by atoms with van der Waals surface area (Å²) in [6.45, 7) is 2.50. The molecule has 20 heavy (non-hydrogen) atoms. The Balaban J connectivity index is 2.20. The summed E-state index contributed by atoms with van der Waals surface area (Å²) in [6, 6.07) is 9.86. The number of para-hydroxylation sites is 1. The van der Waals surface area contributed by atoms with Gasteiger partial charge in [0.1, 0.15) is 0 Å². The lowest BCUT2D eigenvalue weighted by atomic mass is 10.1. The number of hydrogen-bond acceptors (Lipinski definition) is 3. The Hall–Kier alpha value is -2.54. The van der Waals surface area contributed by atoms with Gasteiger partial charge in [-0.1, -0.05) is 31.0 Å². The Morgan fingerprint density at radius 2 is 2.20 bits per heavy atom. The number of nitrogens with zero attached hydrogens (tertiary/aromatic N) is 1. The molecule has 102 valence electrons. The van der Waals surface area contributed by atoms with Crippen molar-refractivity contribution in [3.05, 3.63) is 36.0 Å². The molecule has 1 aromatic heterocycles. The molecule has 0 radical (unpaired) electrons. The monoisotopic (exact) mass is 267 g/mol. The average Bonchev–Trinajstić information content (AvgIpc) is 2.50. The predicted molar refractivity (Wildman–Crippen MR) is 81.5 cm³/mol. The fourth-order valence-corrected chi connectivity index (χ4v) is 1.95. The molecule has 0 aliphatic rings. The van der Waals surface area contributed by atoms with Gasteiger partial charge in [-0.3, -0.25) is 9.78 Å². The van der Waals surface area contributed by atoms with Crippen LogP contribution in [0.1, 0.15) is 12.6 Å². The summed E-state index contributed by atoms with van der Waals surface area (Å²) < 4.78 is 0. The number of carbonyl (C=O) groups excluding carboxylic acids is 1. The third-order valence-electron chi connectivity index (χ3n) is 2.96. The number of aryl methyl sites for hydroxylation is 1. The minimum atomic E-state index is -0.123. The molecule has 2 N–H and O–H groups in total. The zero-order valence-electron chi connectivity index (χ0n) is 11.4. The first-order valence-electron chi connectivity index (χ1n) is 6.57. The van der Waals surface area contributed by atoms with Gasteiger partial charge in [0.05, 0.1) is 18.6 Å². The van der Waals surface area contributed by atoms with Crippen LogP contribution in [-0.4, -0.2) is 24.0 Å². The minimum Gasteiger partial charge on any atom is -0.376 e. The van der Waals surface area contributed by atoms with Crippen LogP contribution in [0.3, 0.4) is 0 Å². The Morgan fingerprint density at radius 3 is 2.95 bits per heavy atom. The molecule has 4 nitrogen and oxygen atoms in total. The number of fused-ring (bicyclic) bond motifs is 1. The van der Waals surface area contributed by atoms with Gasteiger partial charge in [0.25, 0.3) is 0 Å². The summed E-state index contributed by atoms with van der Waals surface area (Å²) in [5.41, 5.74) is 2.84. The van der Waals surface area contributed by atoms with Crippen LogP contribution in [0.25, 0.3) is 10.9 Å². The van der Waals surface area contributed by atoms with Gasteiger partial charge in [-0.2, -0.15) is 0 Å². The smallest absolute Gasteiger partial charge is 0.240 e. The first-order valence-corrected chi connectivity index (χ1v) is 6.57. The number of rotatable bonds is 5. The normalized spacial score (nSPS) is 10.0. The number of amides is 1. The first kappa shape index (κ1) is 13.9. The number of nitrogens with one attached hydrogen (secondary N) is 2. The van der Waals surface area contributed by atoms with Crippen LogP contribution in [0.4, 0.5) is 5.69 Å². The number of benzene rings is 1. The molecule has 4 heteroatoms. The average molecular weight is 267 g/mol. The summed E-state index contributed by atoms with van der Waals surface area (Å²) >= 11 is 0. The van der Waals surface area contributed by atoms with Gasteiger partial charge >= 0.3 is 0 Å². The van der Waals surface area contributed by atoms with E-state index in [9.17, 15) is 4.79 Å². The molecule has 0 aliphatic carbocycles.